The Hall–Kier alpha value is -4.25. The Morgan fingerprint density at radius 2 is 1.49 bits per heavy atom. The van der Waals surface area contributed by atoms with Gasteiger partial charge in [-0.1, -0.05) is 78.9 Å². The minimum atomic E-state index is -1.02. The van der Waals surface area contributed by atoms with Crippen molar-refractivity contribution < 1.29 is 19.1 Å². The zero-order valence-electron chi connectivity index (χ0n) is 19.6. The van der Waals surface area contributed by atoms with E-state index in [1.54, 1.807) is 6.92 Å². The molecule has 5 rings (SSSR count). The van der Waals surface area contributed by atoms with E-state index < -0.39 is 17.9 Å². The van der Waals surface area contributed by atoms with Crippen LogP contribution in [0.1, 0.15) is 41.4 Å². The van der Waals surface area contributed by atoms with Gasteiger partial charge in [-0.3, -0.25) is 14.4 Å². The quantitative estimate of drug-likeness (QED) is 0.238. The van der Waals surface area contributed by atoms with Crippen LogP contribution in [0, 0.1) is 5.92 Å². The van der Waals surface area contributed by atoms with Crippen molar-refractivity contribution in [2.75, 3.05) is 11.9 Å². The lowest BCUT2D eigenvalue weighted by molar-refractivity contribution is -0.151. The monoisotopic (exact) mass is 463 g/mol. The molecule has 1 aliphatic rings. The molecule has 1 N–H and O–H groups in total. The number of hydrogen-bond acceptors (Lipinski definition) is 5. The molecule has 0 heterocycles. The lowest BCUT2D eigenvalue weighted by Gasteiger charge is -2.28. The van der Waals surface area contributed by atoms with Gasteiger partial charge in [-0.15, -0.1) is 0 Å². The molecular formula is C30H25NO4. The normalized spacial score (nSPS) is 13.6. The van der Waals surface area contributed by atoms with Crippen LogP contribution in [-0.2, 0) is 14.3 Å². The van der Waals surface area contributed by atoms with Crippen molar-refractivity contribution in [3.63, 3.8) is 0 Å². The first-order valence-electron chi connectivity index (χ1n) is 11.7. The van der Waals surface area contributed by atoms with Crippen molar-refractivity contribution >= 4 is 34.0 Å². The number of anilines is 1. The minimum Gasteiger partial charge on any atom is -0.465 e. The molecule has 5 heteroatoms. The summed E-state index contributed by atoms with van der Waals surface area (Å²) in [6, 6.07) is 26.0. The molecule has 0 spiro atoms. The summed E-state index contributed by atoms with van der Waals surface area (Å²) in [5.74, 6) is -1.88. The standard InChI is InChI=1S/C30H25NO4/c1-3-35-30(34)26(18(2)32)28(19-10-5-4-6-11-19)31-25-17-16-21-20-12-7-8-13-22(20)29(33)24-15-9-14-23(25)27(21)24/h4-17,26,28,31H,3H2,1-2H3. The Bertz CT molecular complexity index is 1460. The Morgan fingerprint density at radius 1 is 0.800 bits per heavy atom. The Morgan fingerprint density at radius 3 is 2.20 bits per heavy atom. The third kappa shape index (κ3) is 3.89. The molecule has 0 aliphatic heterocycles. The molecule has 0 aromatic heterocycles. The number of carbonyl (C=O) groups is 3. The number of ketones is 2. The molecule has 1 aliphatic carbocycles. The first kappa shape index (κ1) is 22.5. The smallest absolute Gasteiger partial charge is 0.318 e. The molecule has 5 nitrogen and oxygen atoms in total. The average Bonchev–Trinajstić information content (AvgIpc) is 2.88. The maximum atomic E-state index is 13.3. The molecular weight excluding hydrogens is 438 g/mol. The van der Waals surface area contributed by atoms with Crippen molar-refractivity contribution in [2.45, 2.75) is 19.9 Å². The minimum absolute atomic E-state index is 0.0106. The summed E-state index contributed by atoms with van der Waals surface area (Å²) in [5, 5.41) is 5.19. The Balaban J connectivity index is 1.67. The number of nitrogens with one attached hydrogen (secondary N) is 1. The van der Waals surface area contributed by atoms with Gasteiger partial charge in [-0.2, -0.15) is 0 Å². The average molecular weight is 464 g/mol. The lowest BCUT2D eigenvalue weighted by atomic mass is 9.82. The van der Waals surface area contributed by atoms with E-state index in [0.29, 0.717) is 11.1 Å². The van der Waals surface area contributed by atoms with Gasteiger partial charge in [-0.05, 0) is 36.6 Å². The van der Waals surface area contributed by atoms with E-state index in [1.807, 2.05) is 84.9 Å². The maximum Gasteiger partial charge on any atom is 0.318 e. The van der Waals surface area contributed by atoms with Gasteiger partial charge in [0.05, 0.1) is 12.6 Å². The summed E-state index contributed by atoms with van der Waals surface area (Å²) < 4.78 is 5.27. The van der Waals surface area contributed by atoms with E-state index in [1.165, 1.54) is 6.92 Å². The number of rotatable bonds is 7. The fraction of sp³-hybridized carbons (Fsp3) is 0.167. The maximum absolute atomic E-state index is 13.3. The van der Waals surface area contributed by atoms with Gasteiger partial charge in [-0.25, -0.2) is 0 Å². The highest BCUT2D eigenvalue weighted by Crippen LogP contribution is 2.43. The van der Waals surface area contributed by atoms with Crippen LogP contribution < -0.4 is 5.32 Å². The second kappa shape index (κ2) is 9.18. The highest BCUT2D eigenvalue weighted by molar-refractivity contribution is 6.27. The summed E-state index contributed by atoms with van der Waals surface area (Å²) in [6.07, 6.45) is 0. The van der Waals surface area contributed by atoms with Crippen molar-refractivity contribution in [3.05, 3.63) is 102 Å². The summed E-state index contributed by atoms with van der Waals surface area (Å²) in [5.41, 5.74) is 4.75. The van der Waals surface area contributed by atoms with Gasteiger partial charge in [0.25, 0.3) is 0 Å². The number of hydrogen-bond donors (Lipinski definition) is 1. The lowest BCUT2D eigenvalue weighted by Crippen LogP contribution is -2.34. The molecule has 4 aromatic carbocycles. The van der Waals surface area contributed by atoms with E-state index in [0.717, 1.165) is 33.2 Å². The van der Waals surface area contributed by atoms with Gasteiger partial charge in [0, 0.05) is 27.6 Å². The van der Waals surface area contributed by atoms with E-state index in [2.05, 4.69) is 5.32 Å². The molecule has 0 saturated carbocycles. The number of ether oxygens (including phenoxy) is 1. The first-order valence-corrected chi connectivity index (χ1v) is 11.7. The largest absolute Gasteiger partial charge is 0.465 e. The topological polar surface area (TPSA) is 72.5 Å². The number of carbonyl (C=O) groups excluding carboxylic acids is 3. The summed E-state index contributed by atoms with van der Waals surface area (Å²) in [4.78, 5) is 38.8. The summed E-state index contributed by atoms with van der Waals surface area (Å²) >= 11 is 0. The molecule has 0 saturated heterocycles. The highest BCUT2D eigenvalue weighted by atomic mass is 16.5. The van der Waals surface area contributed by atoms with Crippen molar-refractivity contribution in [2.24, 2.45) is 5.92 Å². The zero-order valence-corrected chi connectivity index (χ0v) is 19.6. The van der Waals surface area contributed by atoms with Crippen LogP contribution in [0.5, 0.6) is 0 Å². The third-order valence-electron chi connectivity index (χ3n) is 6.53. The first-order chi connectivity index (χ1) is 17.0. The van der Waals surface area contributed by atoms with Crippen molar-refractivity contribution in [3.8, 4) is 11.1 Å². The molecule has 2 unspecified atom stereocenters. The molecule has 2 atom stereocenters. The van der Waals surface area contributed by atoms with Crippen molar-refractivity contribution in [1.82, 2.24) is 0 Å². The highest BCUT2D eigenvalue weighted by Gasteiger charge is 2.35. The fourth-order valence-electron chi connectivity index (χ4n) is 4.96. The molecule has 0 bridgehead atoms. The molecule has 0 radical (unpaired) electrons. The fourth-order valence-corrected chi connectivity index (χ4v) is 4.96. The Labute approximate surface area is 203 Å². The number of fused-ring (bicyclic) bond motifs is 2. The van der Waals surface area contributed by atoms with Crippen molar-refractivity contribution in [1.29, 1.82) is 0 Å². The molecule has 174 valence electrons. The molecule has 0 amide bonds. The predicted molar refractivity (Wildman–Crippen MR) is 136 cm³/mol. The van der Waals surface area contributed by atoms with E-state index in [4.69, 9.17) is 4.74 Å². The van der Waals surface area contributed by atoms with E-state index >= 15 is 0 Å². The Kier molecular flexibility index (Phi) is 5.91. The van der Waals surface area contributed by atoms with Crippen LogP contribution in [0.4, 0.5) is 5.69 Å². The second-order valence-corrected chi connectivity index (χ2v) is 8.64. The van der Waals surface area contributed by atoms with Crippen LogP contribution in [0.15, 0.2) is 84.9 Å². The molecule has 35 heavy (non-hydrogen) atoms. The van der Waals surface area contributed by atoms with Crippen LogP contribution in [-0.4, -0.2) is 24.1 Å². The van der Waals surface area contributed by atoms with Gasteiger partial charge >= 0.3 is 5.97 Å². The van der Waals surface area contributed by atoms with Gasteiger partial charge in [0.1, 0.15) is 11.7 Å². The van der Waals surface area contributed by atoms with Crippen LogP contribution in [0.2, 0.25) is 0 Å². The van der Waals surface area contributed by atoms with E-state index in [9.17, 15) is 14.4 Å². The zero-order chi connectivity index (χ0) is 24.5. The summed E-state index contributed by atoms with van der Waals surface area (Å²) in [6.45, 7) is 3.32. The van der Waals surface area contributed by atoms with Gasteiger partial charge < -0.3 is 10.1 Å². The molecule has 4 aromatic rings. The van der Waals surface area contributed by atoms with Crippen LogP contribution in [0.25, 0.3) is 21.9 Å². The van der Waals surface area contributed by atoms with Gasteiger partial charge in [0.15, 0.2) is 5.78 Å². The second-order valence-electron chi connectivity index (χ2n) is 8.64. The number of esters is 1. The number of benzene rings is 4. The third-order valence-corrected chi connectivity index (χ3v) is 6.53. The molecule has 0 fully saturated rings. The number of Topliss-reactive ketones (excluding diaryl/α,β-unsaturated/α-hetero) is 1. The van der Waals surface area contributed by atoms with Crippen LogP contribution in [0.3, 0.4) is 0 Å². The predicted octanol–water partition coefficient (Wildman–Crippen LogP) is 5.97. The van der Waals surface area contributed by atoms with Gasteiger partial charge in [0.2, 0.25) is 0 Å². The van der Waals surface area contributed by atoms with Crippen LogP contribution >= 0.6 is 0 Å². The summed E-state index contributed by atoms with van der Waals surface area (Å²) in [7, 11) is 0. The SMILES string of the molecule is CCOC(=O)C(C(C)=O)C(Nc1ccc2c3c(cccc13)C(=O)c1ccccc1-2)c1ccccc1. The van der Waals surface area contributed by atoms with E-state index in [-0.39, 0.29) is 18.2 Å².